The summed E-state index contributed by atoms with van der Waals surface area (Å²) < 4.78 is 18.3. The molecule has 0 bridgehead atoms. The van der Waals surface area contributed by atoms with Gasteiger partial charge in [0.15, 0.2) is 0 Å². The molecular weight excluding hydrogens is 287 g/mol. The third-order valence-electron chi connectivity index (χ3n) is 2.40. The van der Waals surface area contributed by atoms with Crippen LogP contribution in [-0.2, 0) is 9.59 Å². The highest BCUT2D eigenvalue weighted by Gasteiger charge is 2.23. The van der Waals surface area contributed by atoms with Gasteiger partial charge in [-0.25, -0.2) is 14.0 Å². The molecule has 8 nitrogen and oxygen atoms in total. The molecule has 0 aliphatic heterocycles. The molecule has 0 fully saturated rings. The first kappa shape index (κ1) is 16.2. The second kappa shape index (κ2) is 7.08. The summed E-state index contributed by atoms with van der Waals surface area (Å²) in [7, 11) is 1.35. The Bertz CT molecular complexity index is 563. The van der Waals surface area contributed by atoms with E-state index in [1.807, 2.05) is 5.32 Å². The number of nitrogens with one attached hydrogen (secondary N) is 2. The van der Waals surface area contributed by atoms with Crippen molar-refractivity contribution in [3.05, 3.63) is 24.0 Å². The minimum Gasteiger partial charge on any atom is -0.497 e. The van der Waals surface area contributed by atoms with Gasteiger partial charge in [-0.2, -0.15) is 0 Å². The Hall–Kier alpha value is -2.84. The van der Waals surface area contributed by atoms with Gasteiger partial charge in [0.05, 0.1) is 19.2 Å². The fourth-order valence-electron chi connectivity index (χ4n) is 1.42. The number of urea groups is 1. The number of anilines is 1. The van der Waals surface area contributed by atoms with Crippen LogP contribution in [-0.4, -0.2) is 41.3 Å². The first-order valence-corrected chi connectivity index (χ1v) is 5.69. The maximum Gasteiger partial charge on any atom is 0.326 e. The molecule has 4 N–H and O–H groups in total. The molecule has 21 heavy (non-hydrogen) atoms. The summed E-state index contributed by atoms with van der Waals surface area (Å²) in [5, 5.41) is 21.3. The van der Waals surface area contributed by atoms with Gasteiger partial charge in [0, 0.05) is 6.07 Å². The Kier molecular flexibility index (Phi) is 5.47. The molecule has 0 spiro atoms. The quantitative estimate of drug-likeness (QED) is 0.618. The number of carboxylic acids is 2. The van der Waals surface area contributed by atoms with Gasteiger partial charge >= 0.3 is 18.0 Å². The molecule has 0 saturated carbocycles. The number of amides is 2. The number of benzene rings is 1. The van der Waals surface area contributed by atoms with Crippen LogP contribution in [0.2, 0.25) is 0 Å². The second-order valence-electron chi connectivity index (χ2n) is 3.93. The van der Waals surface area contributed by atoms with Crippen molar-refractivity contribution in [1.82, 2.24) is 5.32 Å². The van der Waals surface area contributed by atoms with Crippen LogP contribution in [0.5, 0.6) is 5.75 Å². The number of carbonyl (C=O) groups excluding carboxylic acids is 1. The fraction of sp³-hybridized carbons (Fsp3) is 0.250. The molecule has 0 saturated heterocycles. The third kappa shape index (κ3) is 4.97. The molecular formula is C12H13FN2O6. The average molecular weight is 300 g/mol. The van der Waals surface area contributed by atoms with Gasteiger partial charge < -0.3 is 25.6 Å². The summed E-state index contributed by atoms with van der Waals surface area (Å²) in [5.41, 5.74) is -0.230. The Labute approximate surface area is 118 Å². The van der Waals surface area contributed by atoms with Crippen LogP contribution < -0.4 is 15.4 Å². The summed E-state index contributed by atoms with van der Waals surface area (Å²) in [4.78, 5) is 32.8. The molecule has 1 atom stereocenters. The normalized spacial score (nSPS) is 11.3. The summed E-state index contributed by atoms with van der Waals surface area (Å²) in [6.07, 6.45) is -0.802. The molecule has 0 unspecified atom stereocenters. The first-order chi connectivity index (χ1) is 9.83. The molecule has 2 amide bonds. The van der Waals surface area contributed by atoms with Gasteiger partial charge in [0.25, 0.3) is 0 Å². The highest BCUT2D eigenvalue weighted by molar-refractivity contribution is 5.93. The van der Waals surface area contributed by atoms with Crippen LogP contribution in [0.25, 0.3) is 0 Å². The largest absolute Gasteiger partial charge is 0.497 e. The van der Waals surface area contributed by atoms with Gasteiger partial charge in [-0.3, -0.25) is 4.79 Å². The Morgan fingerprint density at radius 3 is 2.52 bits per heavy atom. The lowest BCUT2D eigenvalue weighted by molar-refractivity contribution is -0.145. The van der Waals surface area contributed by atoms with Crippen molar-refractivity contribution in [3.8, 4) is 5.75 Å². The van der Waals surface area contributed by atoms with Gasteiger partial charge in [-0.05, 0) is 12.1 Å². The zero-order valence-electron chi connectivity index (χ0n) is 10.9. The van der Waals surface area contributed by atoms with Gasteiger partial charge in [-0.1, -0.05) is 0 Å². The van der Waals surface area contributed by atoms with Crippen molar-refractivity contribution in [2.75, 3.05) is 12.4 Å². The van der Waals surface area contributed by atoms with Crippen molar-refractivity contribution in [3.63, 3.8) is 0 Å². The molecule has 1 rings (SSSR count). The highest BCUT2D eigenvalue weighted by Crippen LogP contribution is 2.20. The lowest BCUT2D eigenvalue weighted by Gasteiger charge is -2.14. The molecule has 0 heterocycles. The number of carbonyl (C=O) groups is 3. The number of ether oxygens (including phenoxy) is 1. The summed E-state index contributed by atoms with van der Waals surface area (Å²) in [6, 6.07) is 0.914. The van der Waals surface area contributed by atoms with E-state index in [0.717, 1.165) is 6.07 Å². The van der Waals surface area contributed by atoms with Crippen molar-refractivity contribution < 1.29 is 33.7 Å². The monoisotopic (exact) mass is 300 g/mol. The van der Waals surface area contributed by atoms with Crippen LogP contribution in [0.1, 0.15) is 6.42 Å². The predicted molar refractivity (Wildman–Crippen MR) is 68.8 cm³/mol. The van der Waals surface area contributed by atoms with Gasteiger partial charge in [0.1, 0.15) is 17.6 Å². The molecule has 0 aliphatic carbocycles. The topological polar surface area (TPSA) is 125 Å². The molecule has 1 aromatic rings. The van der Waals surface area contributed by atoms with E-state index < -0.39 is 36.2 Å². The van der Waals surface area contributed by atoms with Crippen LogP contribution >= 0.6 is 0 Å². The highest BCUT2D eigenvalue weighted by atomic mass is 19.1. The second-order valence-corrected chi connectivity index (χ2v) is 3.93. The maximum absolute atomic E-state index is 13.5. The molecule has 0 radical (unpaired) electrons. The summed E-state index contributed by atoms with van der Waals surface area (Å²) >= 11 is 0. The summed E-state index contributed by atoms with van der Waals surface area (Å²) in [5.74, 6) is -3.38. The third-order valence-corrected chi connectivity index (χ3v) is 2.40. The van der Waals surface area contributed by atoms with Crippen molar-refractivity contribution in [1.29, 1.82) is 0 Å². The van der Waals surface area contributed by atoms with Crippen LogP contribution in [0.4, 0.5) is 14.9 Å². The number of rotatable bonds is 6. The van der Waals surface area contributed by atoms with Crippen molar-refractivity contribution in [2.45, 2.75) is 12.5 Å². The Balaban J connectivity index is 2.76. The van der Waals surface area contributed by atoms with E-state index >= 15 is 0 Å². The van der Waals surface area contributed by atoms with E-state index in [-0.39, 0.29) is 11.4 Å². The smallest absolute Gasteiger partial charge is 0.326 e. The maximum atomic E-state index is 13.5. The Morgan fingerprint density at radius 1 is 1.33 bits per heavy atom. The number of aliphatic carboxylic acids is 2. The number of halogens is 1. The van der Waals surface area contributed by atoms with E-state index in [4.69, 9.17) is 14.9 Å². The first-order valence-electron chi connectivity index (χ1n) is 5.69. The standard InChI is InChI=1S/C12H13FN2O6/c1-21-6-2-3-7(13)8(4-6)14-12(20)15-9(11(18)19)5-10(16)17/h2-4,9H,5H2,1H3,(H,16,17)(H,18,19)(H2,14,15,20)/t9-/m0/s1. The van der Waals surface area contributed by atoms with Crippen LogP contribution in [0.15, 0.2) is 18.2 Å². The molecule has 0 aromatic heterocycles. The fourth-order valence-corrected chi connectivity index (χ4v) is 1.42. The van der Waals surface area contributed by atoms with Crippen LogP contribution in [0.3, 0.4) is 0 Å². The molecule has 114 valence electrons. The summed E-state index contributed by atoms with van der Waals surface area (Å²) in [6.45, 7) is 0. The molecule has 9 heteroatoms. The van der Waals surface area contributed by atoms with E-state index in [0.29, 0.717) is 0 Å². The zero-order chi connectivity index (χ0) is 16.0. The molecule has 1 aromatic carbocycles. The van der Waals surface area contributed by atoms with Crippen molar-refractivity contribution >= 4 is 23.7 Å². The SMILES string of the molecule is COc1ccc(F)c(NC(=O)N[C@@H](CC(=O)O)C(=O)O)c1. The van der Waals surface area contributed by atoms with Gasteiger partial charge in [0.2, 0.25) is 0 Å². The van der Waals surface area contributed by atoms with Gasteiger partial charge in [-0.15, -0.1) is 0 Å². The number of methoxy groups -OCH3 is 1. The minimum atomic E-state index is -1.63. The average Bonchev–Trinajstić information content (AvgIpc) is 2.39. The van der Waals surface area contributed by atoms with Crippen molar-refractivity contribution in [2.24, 2.45) is 0 Å². The lowest BCUT2D eigenvalue weighted by Crippen LogP contribution is -2.44. The number of carboxylic acid groups (broad SMARTS) is 2. The molecule has 0 aliphatic rings. The number of hydrogen-bond donors (Lipinski definition) is 4. The Morgan fingerprint density at radius 2 is 2.00 bits per heavy atom. The van der Waals surface area contributed by atoms with E-state index in [9.17, 15) is 18.8 Å². The minimum absolute atomic E-state index is 0.230. The van der Waals surface area contributed by atoms with E-state index in [1.165, 1.54) is 19.2 Å². The lowest BCUT2D eigenvalue weighted by atomic mass is 10.2. The van der Waals surface area contributed by atoms with Crippen LogP contribution in [0, 0.1) is 5.82 Å². The predicted octanol–water partition coefficient (Wildman–Crippen LogP) is 0.884. The number of hydrogen-bond acceptors (Lipinski definition) is 4. The van der Waals surface area contributed by atoms with E-state index in [2.05, 4.69) is 5.32 Å². The zero-order valence-corrected chi connectivity index (χ0v) is 10.9. The van der Waals surface area contributed by atoms with E-state index in [1.54, 1.807) is 0 Å².